The van der Waals surface area contributed by atoms with E-state index in [4.69, 9.17) is 10.5 Å². The summed E-state index contributed by atoms with van der Waals surface area (Å²) < 4.78 is 5.70. The average molecular weight is 251 g/mol. The zero-order valence-electron chi connectivity index (χ0n) is 12.0. The molecule has 0 aliphatic heterocycles. The van der Waals surface area contributed by atoms with E-state index in [2.05, 4.69) is 13.8 Å². The molecule has 4 aliphatic carbocycles. The SMILES string of the molecule is CC(C)OCCC(N)C12CC3CC(CC(C3)C1)C2. The number of rotatable bonds is 5. The summed E-state index contributed by atoms with van der Waals surface area (Å²) >= 11 is 0. The zero-order chi connectivity index (χ0) is 12.8. The zero-order valence-corrected chi connectivity index (χ0v) is 12.0. The second kappa shape index (κ2) is 4.79. The minimum Gasteiger partial charge on any atom is -0.379 e. The van der Waals surface area contributed by atoms with Crippen molar-refractivity contribution < 1.29 is 4.74 Å². The first-order valence-corrected chi connectivity index (χ1v) is 7.94. The Kier molecular flexibility index (Phi) is 3.44. The van der Waals surface area contributed by atoms with Gasteiger partial charge in [-0.15, -0.1) is 0 Å². The fourth-order valence-corrected chi connectivity index (χ4v) is 5.37. The van der Waals surface area contributed by atoms with Crippen LogP contribution in [0.4, 0.5) is 0 Å². The van der Waals surface area contributed by atoms with Crippen molar-refractivity contribution in [1.29, 1.82) is 0 Å². The van der Waals surface area contributed by atoms with Gasteiger partial charge in [0, 0.05) is 12.6 Å². The van der Waals surface area contributed by atoms with Gasteiger partial charge in [0.15, 0.2) is 0 Å². The monoisotopic (exact) mass is 251 g/mol. The second-order valence-electron chi connectivity index (χ2n) is 7.59. The Hall–Kier alpha value is -0.0800. The highest BCUT2D eigenvalue weighted by Crippen LogP contribution is 2.61. The van der Waals surface area contributed by atoms with E-state index in [9.17, 15) is 0 Å². The van der Waals surface area contributed by atoms with E-state index in [-0.39, 0.29) is 0 Å². The molecule has 1 atom stereocenters. The van der Waals surface area contributed by atoms with Crippen molar-refractivity contribution in [1.82, 2.24) is 0 Å². The lowest BCUT2D eigenvalue weighted by Gasteiger charge is -2.59. The highest BCUT2D eigenvalue weighted by molar-refractivity contribution is 5.05. The lowest BCUT2D eigenvalue weighted by molar-refractivity contribution is -0.0727. The number of hydrogen-bond donors (Lipinski definition) is 1. The molecule has 1 unspecified atom stereocenters. The summed E-state index contributed by atoms with van der Waals surface area (Å²) in [6.45, 7) is 5.06. The van der Waals surface area contributed by atoms with Gasteiger partial charge in [0.05, 0.1) is 6.10 Å². The van der Waals surface area contributed by atoms with Gasteiger partial charge in [-0.05, 0) is 82.0 Å². The van der Waals surface area contributed by atoms with Crippen LogP contribution < -0.4 is 5.73 Å². The van der Waals surface area contributed by atoms with Crippen LogP contribution in [0, 0.1) is 23.2 Å². The summed E-state index contributed by atoms with van der Waals surface area (Å²) in [6, 6.07) is 0.379. The highest BCUT2D eigenvalue weighted by atomic mass is 16.5. The lowest BCUT2D eigenvalue weighted by Crippen LogP contribution is -2.54. The molecule has 104 valence electrons. The second-order valence-corrected chi connectivity index (χ2v) is 7.59. The topological polar surface area (TPSA) is 35.2 Å². The molecule has 18 heavy (non-hydrogen) atoms. The Balaban J connectivity index is 1.60. The molecule has 0 saturated heterocycles. The fraction of sp³-hybridized carbons (Fsp3) is 1.00. The molecule has 4 aliphatic rings. The van der Waals surface area contributed by atoms with Gasteiger partial charge in [0.2, 0.25) is 0 Å². The summed E-state index contributed by atoms with van der Waals surface area (Å²) in [5.41, 5.74) is 7.07. The molecular weight excluding hydrogens is 222 g/mol. The van der Waals surface area contributed by atoms with Crippen molar-refractivity contribution >= 4 is 0 Å². The summed E-state index contributed by atoms with van der Waals surface area (Å²) in [5, 5.41) is 0. The van der Waals surface area contributed by atoms with E-state index in [1.165, 1.54) is 38.5 Å². The Morgan fingerprint density at radius 3 is 2.00 bits per heavy atom. The molecule has 4 fully saturated rings. The number of nitrogens with two attached hydrogens (primary N) is 1. The van der Waals surface area contributed by atoms with Crippen LogP contribution in [0.15, 0.2) is 0 Å². The summed E-state index contributed by atoms with van der Waals surface area (Å²) in [6.07, 6.45) is 10.2. The van der Waals surface area contributed by atoms with Gasteiger partial charge >= 0.3 is 0 Å². The third kappa shape index (κ3) is 2.34. The van der Waals surface area contributed by atoms with E-state index in [0.717, 1.165) is 30.8 Å². The van der Waals surface area contributed by atoms with Gasteiger partial charge in [-0.1, -0.05) is 0 Å². The maximum atomic E-state index is 6.58. The van der Waals surface area contributed by atoms with Crippen molar-refractivity contribution in [3.8, 4) is 0 Å². The summed E-state index contributed by atoms with van der Waals surface area (Å²) in [4.78, 5) is 0. The Morgan fingerprint density at radius 2 is 1.56 bits per heavy atom. The number of ether oxygens (including phenoxy) is 1. The predicted molar refractivity (Wildman–Crippen MR) is 74.3 cm³/mol. The maximum Gasteiger partial charge on any atom is 0.0518 e. The largest absolute Gasteiger partial charge is 0.379 e. The quantitative estimate of drug-likeness (QED) is 0.813. The van der Waals surface area contributed by atoms with E-state index in [0.29, 0.717) is 17.6 Å². The van der Waals surface area contributed by atoms with Gasteiger partial charge in [-0.3, -0.25) is 0 Å². The first-order valence-electron chi connectivity index (χ1n) is 7.94. The minimum absolute atomic E-state index is 0.341. The first kappa shape index (κ1) is 12.9. The van der Waals surface area contributed by atoms with E-state index in [1.54, 1.807) is 0 Å². The van der Waals surface area contributed by atoms with Crippen molar-refractivity contribution in [2.75, 3.05) is 6.61 Å². The van der Waals surface area contributed by atoms with Crippen LogP contribution >= 0.6 is 0 Å². The van der Waals surface area contributed by atoms with Crippen molar-refractivity contribution in [3.05, 3.63) is 0 Å². The molecule has 0 aromatic heterocycles. The molecular formula is C16H29NO. The van der Waals surface area contributed by atoms with Gasteiger partial charge in [0.1, 0.15) is 0 Å². The summed E-state index contributed by atoms with van der Waals surface area (Å²) in [7, 11) is 0. The molecule has 0 amide bonds. The molecule has 4 saturated carbocycles. The van der Waals surface area contributed by atoms with E-state index < -0.39 is 0 Å². The van der Waals surface area contributed by atoms with Crippen LogP contribution in [0.5, 0.6) is 0 Å². The molecule has 0 spiro atoms. The van der Waals surface area contributed by atoms with Gasteiger partial charge in [-0.2, -0.15) is 0 Å². The Labute approximate surface area is 112 Å². The highest BCUT2D eigenvalue weighted by Gasteiger charge is 2.53. The maximum absolute atomic E-state index is 6.58. The fourth-order valence-electron chi connectivity index (χ4n) is 5.37. The van der Waals surface area contributed by atoms with Crippen LogP contribution in [0.1, 0.15) is 58.8 Å². The van der Waals surface area contributed by atoms with Gasteiger partial charge in [0.25, 0.3) is 0 Å². The number of hydrogen-bond acceptors (Lipinski definition) is 2. The molecule has 0 aromatic carbocycles. The molecule has 2 nitrogen and oxygen atoms in total. The first-order chi connectivity index (χ1) is 8.57. The molecule has 4 bridgehead atoms. The van der Waals surface area contributed by atoms with Gasteiger partial charge in [-0.25, -0.2) is 0 Å². The van der Waals surface area contributed by atoms with E-state index in [1.807, 2.05) is 0 Å². The Bertz CT molecular complexity index is 264. The molecule has 2 heteroatoms. The molecule has 2 N–H and O–H groups in total. The predicted octanol–water partition coefficient (Wildman–Crippen LogP) is 3.35. The standard InChI is InChI=1S/C16H29NO/c1-11(2)18-4-3-15(17)16-8-12-5-13(9-16)7-14(6-12)10-16/h11-15H,3-10,17H2,1-2H3. The van der Waals surface area contributed by atoms with Crippen molar-refractivity contribution in [2.24, 2.45) is 28.9 Å². The van der Waals surface area contributed by atoms with Crippen LogP contribution in [-0.4, -0.2) is 18.8 Å². The minimum atomic E-state index is 0.341. The normalized spacial score (nSPS) is 43.7. The van der Waals surface area contributed by atoms with E-state index >= 15 is 0 Å². The third-order valence-corrected chi connectivity index (χ3v) is 5.75. The molecule has 0 aromatic rings. The van der Waals surface area contributed by atoms with Crippen LogP contribution in [0.3, 0.4) is 0 Å². The lowest BCUT2D eigenvalue weighted by atomic mass is 9.47. The molecule has 0 heterocycles. The van der Waals surface area contributed by atoms with Crippen molar-refractivity contribution in [3.63, 3.8) is 0 Å². The molecule has 4 rings (SSSR count). The smallest absolute Gasteiger partial charge is 0.0518 e. The average Bonchev–Trinajstić information content (AvgIpc) is 2.26. The van der Waals surface area contributed by atoms with Crippen LogP contribution in [0.25, 0.3) is 0 Å². The van der Waals surface area contributed by atoms with Crippen molar-refractivity contribution in [2.45, 2.75) is 70.9 Å². The van der Waals surface area contributed by atoms with Crippen LogP contribution in [0.2, 0.25) is 0 Å². The van der Waals surface area contributed by atoms with Gasteiger partial charge < -0.3 is 10.5 Å². The van der Waals surface area contributed by atoms with Crippen LogP contribution in [-0.2, 0) is 4.74 Å². The summed E-state index contributed by atoms with van der Waals surface area (Å²) in [5.74, 6) is 3.02. The Morgan fingerprint density at radius 1 is 1.06 bits per heavy atom. The third-order valence-electron chi connectivity index (χ3n) is 5.75. The molecule has 0 radical (unpaired) electrons.